The van der Waals surface area contributed by atoms with Gasteiger partial charge in [-0.2, -0.15) is 0 Å². The molecule has 0 amide bonds. The van der Waals surface area contributed by atoms with Crippen molar-refractivity contribution in [2.24, 2.45) is 5.92 Å². The van der Waals surface area contributed by atoms with Gasteiger partial charge < -0.3 is 5.11 Å². The van der Waals surface area contributed by atoms with E-state index >= 15 is 0 Å². The number of aliphatic hydroxyl groups is 1. The van der Waals surface area contributed by atoms with Crippen molar-refractivity contribution in [1.29, 1.82) is 0 Å². The summed E-state index contributed by atoms with van der Waals surface area (Å²) < 4.78 is 0. The zero-order valence-corrected chi connectivity index (χ0v) is 8.61. The van der Waals surface area contributed by atoms with E-state index in [2.05, 4.69) is 11.9 Å². The molecule has 1 aromatic heterocycles. The molecule has 1 N–H and O–H groups in total. The molecule has 1 unspecified atom stereocenters. The van der Waals surface area contributed by atoms with E-state index in [0.29, 0.717) is 5.92 Å². The van der Waals surface area contributed by atoms with E-state index in [1.807, 2.05) is 12.3 Å². The minimum absolute atomic E-state index is 0.262. The van der Waals surface area contributed by atoms with E-state index < -0.39 is 0 Å². The van der Waals surface area contributed by atoms with Crippen LogP contribution < -0.4 is 0 Å². The van der Waals surface area contributed by atoms with Crippen LogP contribution in [0.4, 0.5) is 0 Å². The lowest BCUT2D eigenvalue weighted by atomic mass is 9.78. The lowest BCUT2D eigenvalue weighted by Gasteiger charge is -2.31. The van der Waals surface area contributed by atoms with Gasteiger partial charge in [0.05, 0.1) is 6.10 Å². The highest BCUT2D eigenvalue weighted by Gasteiger charge is 2.27. The Morgan fingerprint density at radius 2 is 2.36 bits per heavy atom. The van der Waals surface area contributed by atoms with Gasteiger partial charge in [-0.15, -0.1) is 0 Å². The number of aromatic nitrogens is 1. The van der Waals surface area contributed by atoms with Gasteiger partial charge in [0.25, 0.3) is 0 Å². The van der Waals surface area contributed by atoms with Gasteiger partial charge in [-0.05, 0) is 42.4 Å². The highest BCUT2D eigenvalue weighted by atomic mass is 16.3. The average Bonchev–Trinajstić information content (AvgIpc) is 2.15. The van der Waals surface area contributed by atoms with Crippen LogP contribution in [0.5, 0.6) is 0 Å². The lowest BCUT2D eigenvalue weighted by Crippen LogP contribution is -2.21. The summed E-state index contributed by atoms with van der Waals surface area (Å²) in [6.45, 7) is 2.11. The second-order valence-electron chi connectivity index (χ2n) is 4.06. The van der Waals surface area contributed by atoms with Crippen LogP contribution in [0.25, 0.3) is 0 Å². The molecule has 2 nitrogen and oxygen atoms in total. The molecular weight excluding hydrogens is 174 g/mol. The molecule has 14 heavy (non-hydrogen) atoms. The van der Waals surface area contributed by atoms with E-state index in [1.54, 1.807) is 6.20 Å². The predicted octanol–water partition coefficient (Wildman–Crippen LogP) is 2.48. The quantitative estimate of drug-likeness (QED) is 0.796. The first-order valence-electron chi connectivity index (χ1n) is 5.43. The van der Waals surface area contributed by atoms with Crippen molar-refractivity contribution in [1.82, 2.24) is 4.98 Å². The summed E-state index contributed by atoms with van der Waals surface area (Å²) in [5, 5.41) is 10.1. The topological polar surface area (TPSA) is 33.1 Å². The minimum atomic E-state index is -0.262. The minimum Gasteiger partial charge on any atom is -0.388 e. The van der Waals surface area contributed by atoms with Crippen LogP contribution >= 0.6 is 0 Å². The molecule has 0 saturated heterocycles. The fourth-order valence-corrected chi connectivity index (χ4v) is 2.03. The van der Waals surface area contributed by atoms with Crippen LogP contribution in [-0.4, -0.2) is 10.1 Å². The monoisotopic (exact) mass is 191 g/mol. The predicted molar refractivity (Wildman–Crippen MR) is 55.9 cm³/mol. The van der Waals surface area contributed by atoms with Crippen LogP contribution in [0.15, 0.2) is 18.5 Å². The maximum Gasteiger partial charge on any atom is 0.0821 e. The van der Waals surface area contributed by atoms with Crippen molar-refractivity contribution < 1.29 is 5.11 Å². The van der Waals surface area contributed by atoms with Crippen molar-refractivity contribution >= 4 is 0 Å². The SMILES string of the molecule is CCc1cnccc1C(O)C1CCC1. The number of hydrogen-bond donors (Lipinski definition) is 1. The Balaban J connectivity index is 2.20. The second-order valence-corrected chi connectivity index (χ2v) is 4.06. The maximum absolute atomic E-state index is 10.1. The molecule has 1 aliphatic rings. The van der Waals surface area contributed by atoms with Crippen LogP contribution in [0, 0.1) is 5.92 Å². The van der Waals surface area contributed by atoms with Crippen LogP contribution in [0.3, 0.4) is 0 Å². The Morgan fingerprint density at radius 3 is 2.93 bits per heavy atom. The van der Waals surface area contributed by atoms with Crippen molar-refractivity contribution in [2.75, 3.05) is 0 Å². The molecule has 0 aromatic carbocycles. The summed E-state index contributed by atoms with van der Waals surface area (Å²) in [6, 6.07) is 1.96. The maximum atomic E-state index is 10.1. The molecule has 1 aliphatic carbocycles. The number of hydrogen-bond acceptors (Lipinski definition) is 2. The zero-order chi connectivity index (χ0) is 9.97. The van der Waals surface area contributed by atoms with E-state index in [0.717, 1.165) is 12.0 Å². The molecule has 1 aromatic rings. The summed E-state index contributed by atoms with van der Waals surface area (Å²) in [7, 11) is 0. The number of aryl methyl sites for hydroxylation is 1. The van der Waals surface area contributed by atoms with E-state index in [4.69, 9.17) is 0 Å². The molecule has 1 atom stereocenters. The Labute approximate surface area is 85.0 Å². The third kappa shape index (κ3) is 1.67. The average molecular weight is 191 g/mol. The first-order chi connectivity index (χ1) is 6.83. The standard InChI is InChI=1S/C12H17NO/c1-2-9-8-13-7-6-11(9)12(14)10-4-3-5-10/h6-8,10,12,14H,2-5H2,1H3. The van der Waals surface area contributed by atoms with E-state index in [1.165, 1.54) is 24.8 Å². The summed E-state index contributed by atoms with van der Waals surface area (Å²) in [5.74, 6) is 0.489. The van der Waals surface area contributed by atoms with Gasteiger partial charge in [0.15, 0.2) is 0 Å². The molecule has 0 aliphatic heterocycles. The fourth-order valence-electron chi connectivity index (χ4n) is 2.03. The number of nitrogens with zero attached hydrogens (tertiary/aromatic N) is 1. The summed E-state index contributed by atoms with van der Waals surface area (Å²) >= 11 is 0. The van der Waals surface area contributed by atoms with Crippen molar-refractivity contribution in [3.63, 3.8) is 0 Å². The smallest absolute Gasteiger partial charge is 0.0821 e. The fraction of sp³-hybridized carbons (Fsp3) is 0.583. The van der Waals surface area contributed by atoms with Crippen molar-refractivity contribution in [3.8, 4) is 0 Å². The molecule has 2 heteroatoms. The number of aliphatic hydroxyl groups excluding tert-OH is 1. The van der Waals surface area contributed by atoms with Gasteiger partial charge in [-0.1, -0.05) is 13.3 Å². The van der Waals surface area contributed by atoms with Gasteiger partial charge in [-0.3, -0.25) is 4.98 Å². The second kappa shape index (κ2) is 4.09. The lowest BCUT2D eigenvalue weighted by molar-refractivity contribution is 0.0613. The van der Waals surface area contributed by atoms with Gasteiger partial charge in [0, 0.05) is 12.4 Å². The highest BCUT2D eigenvalue weighted by molar-refractivity contribution is 5.26. The largest absolute Gasteiger partial charge is 0.388 e. The van der Waals surface area contributed by atoms with E-state index in [-0.39, 0.29) is 6.10 Å². The van der Waals surface area contributed by atoms with Gasteiger partial charge >= 0.3 is 0 Å². The number of pyridine rings is 1. The zero-order valence-electron chi connectivity index (χ0n) is 8.61. The van der Waals surface area contributed by atoms with Crippen LogP contribution in [0.1, 0.15) is 43.4 Å². The van der Waals surface area contributed by atoms with Crippen molar-refractivity contribution in [3.05, 3.63) is 29.6 Å². The Kier molecular flexibility index (Phi) is 2.82. The summed E-state index contributed by atoms with van der Waals surface area (Å²) in [4.78, 5) is 4.09. The highest BCUT2D eigenvalue weighted by Crippen LogP contribution is 2.38. The summed E-state index contributed by atoms with van der Waals surface area (Å²) in [6.07, 6.45) is 7.95. The molecule has 76 valence electrons. The summed E-state index contributed by atoms with van der Waals surface area (Å²) in [5.41, 5.74) is 2.28. The molecule has 1 fully saturated rings. The molecule has 1 heterocycles. The molecule has 1 saturated carbocycles. The van der Waals surface area contributed by atoms with Crippen LogP contribution in [0.2, 0.25) is 0 Å². The van der Waals surface area contributed by atoms with Gasteiger partial charge in [-0.25, -0.2) is 0 Å². The third-order valence-corrected chi connectivity index (χ3v) is 3.24. The Morgan fingerprint density at radius 1 is 1.57 bits per heavy atom. The Bertz CT molecular complexity index is 307. The van der Waals surface area contributed by atoms with Crippen molar-refractivity contribution in [2.45, 2.75) is 38.7 Å². The normalized spacial score (nSPS) is 19.0. The van der Waals surface area contributed by atoms with Crippen LogP contribution in [-0.2, 0) is 6.42 Å². The molecule has 0 spiro atoms. The molecule has 0 bridgehead atoms. The third-order valence-electron chi connectivity index (χ3n) is 3.24. The van der Waals surface area contributed by atoms with Gasteiger partial charge in [0.2, 0.25) is 0 Å². The first-order valence-corrected chi connectivity index (χ1v) is 5.43. The molecule has 0 radical (unpaired) electrons. The first kappa shape index (κ1) is 9.66. The van der Waals surface area contributed by atoms with Gasteiger partial charge in [0.1, 0.15) is 0 Å². The molecular formula is C12H17NO. The Hall–Kier alpha value is -0.890. The van der Waals surface area contributed by atoms with E-state index in [9.17, 15) is 5.11 Å². The number of rotatable bonds is 3. The molecule has 2 rings (SSSR count).